The molecular weight excluding hydrogens is 366 g/mol. The number of para-hydroxylation sites is 1. The molecule has 3 N–H and O–H groups in total. The van der Waals surface area contributed by atoms with Gasteiger partial charge in [0.25, 0.3) is 0 Å². The molecule has 1 saturated heterocycles. The van der Waals surface area contributed by atoms with Crippen molar-refractivity contribution in [3.63, 3.8) is 0 Å². The first kappa shape index (κ1) is 18.5. The van der Waals surface area contributed by atoms with Crippen LogP contribution in [0.5, 0.6) is 0 Å². The summed E-state index contributed by atoms with van der Waals surface area (Å²) in [5, 5.41) is 7.75. The minimum Gasteiger partial charge on any atom is -0.385 e. The van der Waals surface area contributed by atoms with Gasteiger partial charge in [0.15, 0.2) is 5.11 Å². The second-order valence-corrected chi connectivity index (χ2v) is 7.45. The number of hydrogen-bond donors (Lipinski definition) is 3. The standard InChI is InChI=1S/C22H25N5S/c1-16-11-12-19(25-16)21-20(18-10-5-6-13-24-18)26-22(28)27(21)15-7-14-23-17-8-3-2-4-9-17/h2-6,8-13,20-21,23,25H,7,14-15H2,1H3,(H,26,28)/t20-,21+/m0/s1. The first-order valence-electron chi connectivity index (χ1n) is 9.65. The van der Waals surface area contributed by atoms with Crippen molar-refractivity contribution >= 4 is 23.0 Å². The van der Waals surface area contributed by atoms with Crippen molar-refractivity contribution in [1.82, 2.24) is 20.2 Å². The van der Waals surface area contributed by atoms with Crippen molar-refractivity contribution in [2.24, 2.45) is 0 Å². The molecule has 0 spiro atoms. The third-order valence-electron chi connectivity index (χ3n) is 5.05. The van der Waals surface area contributed by atoms with E-state index in [1.165, 1.54) is 0 Å². The van der Waals surface area contributed by atoms with E-state index in [4.69, 9.17) is 12.2 Å². The SMILES string of the molecule is Cc1ccc([C@@H]2[C@H](c3ccccn3)NC(=S)N2CCCNc2ccccc2)[nH]1. The number of benzene rings is 1. The van der Waals surface area contributed by atoms with E-state index in [1.54, 1.807) is 0 Å². The van der Waals surface area contributed by atoms with Crippen LogP contribution in [-0.4, -0.2) is 33.1 Å². The van der Waals surface area contributed by atoms with E-state index in [2.05, 4.69) is 62.8 Å². The molecule has 6 heteroatoms. The van der Waals surface area contributed by atoms with E-state index < -0.39 is 0 Å². The highest BCUT2D eigenvalue weighted by Crippen LogP contribution is 2.38. The molecule has 1 aromatic carbocycles. The zero-order valence-electron chi connectivity index (χ0n) is 15.9. The smallest absolute Gasteiger partial charge is 0.170 e. The van der Waals surface area contributed by atoms with E-state index in [9.17, 15) is 0 Å². The molecule has 3 heterocycles. The summed E-state index contributed by atoms with van der Waals surface area (Å²) < 4.78 is 0. The average Bonchev–Trinajstić information content (AvgIpc) is 3.29. The maximum Gasteiger partial charge on any atom is 0.170 e. The van der Waals surface area contributed by atoms with Crippen molar-refractivity contribution in [1.29, 1.82) is 0 Å². The molecule has 5 nitrogen and oxygen atoms in total. The molecule has 28 heavy (non-hydrogen) atoms. The number of nitrogens with one attached hydrogen (secondary N) is 3. The molecule has 0 amide bonds. The van der Waals surface area contributed by atoms with E-state index >= 15 is 0 Å². The van der Waals surface area contributed by atoms with Gasteiger partial charge in [-0.3, -0.25) is 4.98 Å². The van der Waals surface area contributed by atoms with Gasteiger partial charge in [0.05, 0.1) is 17.8 Å². The Morgan fingerprint density at radius 2 is 1.89 bits per heavy atom. The first-order chi connectivity index (χ1) is 13.7. The van der Waals surface area contributed by atoms with Crippen LogP contribution in [0.1, 0.15) is 35.6 Å². The van der Waals surface area contributed by atoms with Crippen molar-refractivity contribution in [3.05, 3.63) is 83.9 Å². The molecule has 3 aromatic rings. The predicted octanol–water partition coefficient (Wildman–Crippen LogP) is 4.19. The Morgan fingerprint density at radius 1 is 1.07 bits per heavy atom. The van der Waals surface area contributed by atoms with E-state index in [0.717, 1.165) is 47.4 Å². The van der Waals surface area contributed by atoms with Crippen LogP contribution < -0.4 is 10.6 Å². The van der Waals surface area contributed by atoms with Gasteiger partial charge < -0.3 is 20.5 Å². The van der Waals surface area contributed by atoms with Gasteiger partial charge in [0.1, 0.15) is 0 Å². The van der Waals surface area contributed by atoms with Gasteiger partial charge in [-0.1, -0.05) is 24.3 Å². The highest BCUT2D eigenvalue weighted by Gasteiger charge is 2.40. The van der Waals surface area contributed by atoms with Crippen LogP contribution in [0.4, 0.5) is 5.69 Å². The minimum atomic E-state index is 0.0360. The zero-order chi connectivity index (χ0) is 19.3. The molecule has 1 fully saturated rings. The average molecular weight is 392 g/mol. The molecule has 0 unspecified atom stereocenters. The van der Waals surface area contributed by atoms with Crippen LogP contribution in [0.3, 0.4) is 0 Å². The lowest BCUT2D eigenvalue weighted by molar-refractivity contribution is 0.311. The van der Waals surface area contributed by atoms with Crippen molar-refractivity contribution in [2.45, 2.75) is 25.4 Å². The third-order valence-corrected chi connectivity index (χ3v) is 5.40. The molecule has 4 rings (SSSR count). The Labute approximate surface area is 171 Å². The number of hydrogen-bond acceptors (Lipinski definition) is 3. The van der Waals surface area contributed by atoms with Crippen molar-refractivity contribution in [3.8, 4) is 0 Å². The number of nitrogens with zero attached hydrogens (tertiary/aromatic N) is 2. The summed E-state index contributed by atoms with van der Waals surface area (Å²) in [6.45, 7) is 3.85. The van der Waals surface area contributed by atoms with Gasteiger partial charge in [-0.25, -0.2) is 0 Å². The van der Waals surface area contributed by atoms with Crippen LogP contribution in [-0.2, 0) is 0 Å². The number of pyridine rings is 1. The fraction of sp³-hybridized carbons (Fsp3) is 0.273. The quantitative estimate of drug-likeness (QED) is 0.416. The van der Waals surface area contributed by atoms with E-state index in [0.29, 0.717) is 0 Å². The summed E-state index contributed by atoms with van der Waals surface area (Å²) in [7, 11) is 0. The molecular formula is C22H25N5S. The number of aryl methyl sites for hydroxylation is 1. The number of aromatic nitrogens is 2. The molecule has 0 aliphatic carbocycles. The van der Waals surface area contributed by atoms with Crippen molar-refractivity contribution < 1.29 is 0 Å². The summed E-state index contributed by atoms with van der Waals surface area (Å²) in [4.78, 5) is 10.4. The maximum atomic E-state index is 5.70. The number of aromatic amines is 1. The van der Waals surface area contributed by atoms with Gasteiger partial charge in [-0.05, 0) is 62.0 Å². The van der Waals surface area contributed by atoms with Crippen LogP contribution in [0, 0.1) is 6.92 Å². The molecule has 1 aliphatic heterocycles. The summed E-state index contributed by atoms with van der Waals surface area (Å²) in [6, 6.07) is 20.7. The summed E-state index contributed by atoms with van der Waals surface area (Å²) >= 11 is 5.70. The highest BCUT2D eigenvalue weighted by molar-refractivity contribution is 7.80. The third kappa shape index (κ3) is 4.02. The second-order valence-electron chi connectivity index (χ2n) is 7.06. The van der Waals surface area contributed by atoms with Crippen molar-refractivity contribution in [2.75, 3.05) is 18.4 Å². The monoisotopic (exact) mass is 391 g/mol. The van der Waals surface area contributed by atoms with Gasteiger partial charge in [0, 0.05) is 36.4 Å². The lowest BCUT2D eigenvalue weighted by Crippen LogP contribution is -2.31. The topological polar surface area (TPSA) is 56.0 Å². The molecule has 144 valence electrons. The molecule has 1 aliphatic rings. The minimum absolute atomic E-state index is 0.0360. The Hall–Kier alpha value is -2.86. The second kappa shape index (κ2) is 8.44. The maximum absolute atomic E-state index is 5.70. The fourth-order valence-corrected chi connectivity index (χ4v) is 4.05. The molecule has 0 radical (unpaired) electrons. The summed E-state index contributed by atoms with van der Waals surface area (Å²) in [5.74, 6) is 0. The van der Waals surface area contributed by atoms with Crippen LogP contribution in [0.2, 0.25) is 0 Å². The van der Waals surface area contributed by atoms with E-state index in [-0.39, 0.29) is 12.1 Å². The first-order valence-corrected chi connectivity index (χ1v) is 10.1. The number of thiocarbonyl (C=S) groups is 1. The lowest BCUT2D eigenvalue weighted by Gasteiger charge is -2.27. The Balaban J connectivity index is 1.48. The number of H-pyrrole nitrogens is 1. The normalized spacial score (nSPS) is 18.9. The number of rotatable bonds is 7. The molecule has 0 bridgehead atoms. The highest BCUT2D eigenvalue weighted by atomic mass is 32.1. The largest absolute Gasteiger partial charge is 0.385 e. The van der Waals surface area contributed by atoms with Gasteiger partial charge in [-0.15, -0.1) is 0 Å². The van der Waals surface area contributed by atoms with Crippen LogP contribution in [0.15, 0.2) is 66.9 Å². The van der Waals surface area contributed by atoms with Crippen LogP contribution in [0.25, 0.3) is 0 Å². The Kier molecular flexibility index (Phi) is 5.58. The van der Waals surface area contributed by atoms with Crippen LogP contribution >= 0.6 is 12.2 Å². The Bertz CT molecular complexity index is 909. The molecule has 2 aromatic heterocycles. The predicted molar refractivity (Wildman–Crippen MR) is 117 cm³/mol. The Morgan fingerprint density at radius 3 is 2.61 bits per heavy atom. The zero-order valence-corrected chi connectivity index (χ0v) is 16.7. The molecule has 2 atom stereocenters. The van der Waals surface area contributed by atoms with Gasteiger partial charge >= 0.3 is 0 Å². The fourth-order valence-electron chi connectivity index (χ4n) is 3.72. The van der Waals surface area contributed by atoms with Gasteiger partial charge in [0.2, 0.25) is 0 Å². The molecule has 0 saturated carbocycles. The lowest BCUT2D eigenvalue weighted by atomic mass is 10.0. The van der Waals surface area contributed by atoms with Gasteiger partial charge in [-0.2, -0.15) is 0 Å². The summed E-state index contributed by atoms with van der Waals surface area (Å²) in [5.41, 5.74) is 4.47. The van der Waals surface area contributed by atoms with E-state index in [1.807, 2.05) is 36.5 Å². The number of anilines is 1. The summed E-state index contributed by atoms with van der Waals surface area (Å²) in [6.07, 6.45) is 2.82.